The molecule has 1 aromatic carbocycles. The highest BCUT2D eigenvalue weighted by molar-refractivity contribution is 6.31. The van der Waals surface area contributed by atoms with Crippen LogP contribution in [0.25, 0.3) is 0 Å². The first-order valence-corrected chi connectivity index (χ1v) is 5.44. The van der Waals surface area contributed by atoms with Crippen molar-refractivity contribution in [3.8, 4) is 0 Å². The Morgan fingerprint density at radius 3 is 2.56 bits per heavy atom. The molecule has 0 radical (unpaired) electrons. The van der Waals surface area contributed by atoms with Gasteiger partial charge in [-0.1, -0.05) is 29.8 Å². The van der Waals surface area contributed by atoms with Gasteiger partial charge < -0.3 is 0 Å². The Kier molecular flexibility index (Phi) is 2.88. The summed E-state index contributed by atoms with van der Waals surface area (Å²) in [6.07, 6.45) is 0. The summed E-state index contributed by atoms with van der Waals surface area (Å²) in [5, 5.41) is 0.688. The van der Waals surface area contributed by atoms with E-state index in [4.69, 9.17) is 11.6 Å². The molecule has 0 bridgehead atoms. The van der Waals surface area contributed by atoms with Gasteiger partial charge in [0.1, 0.15) is 0 Å². The van der Waals surface area contributed by atoms with Crippen LogP contribution in [-0.4, -0.2) is 9.36 Å². The summed E-state index contributed by atoms with van der Waals surface area (Å²) < 4.78 is 3.50. The lowest BCUT2D eigenvalue weighted by molar-refractivity contribution is 0.526. The Bertz CT molecular complexity index is 569. The number of hydrogen-bond acceptors (Lipinski definition) is 1. The molecule has 2 aromatic rings. The van der Waals surface area contributed by atoms with Gasteiger partial charge in [-0.2, -0.15) is 0 Å². The van der Waals surface area contributed by atoms with E-state index >= 15 is 0 Å². The summed E-state index contributed by atoms with van der Waals surface area (Å²) in [5.41, 5.74) is 1.89. The van der Waals surface area contributed by atoms with E-state index in [-0.39, 0.29) is 5.56 Å². The maximum absolute atomic E-state index is 11.7. The molecule has 3 nitrogen and oxygen atoms in total. The zero-order chi connectivity index (χ0) is 11.7. The first-order valence-electron chi connectivity index (χ1n) is 5.06. The molecular formula is C12H13ClN2O. The predicted octanol–water partition coefficient (Wildman–Crippen LogP) is 2.20. The van der Waals surface area contributed by atoms with Gasteiger partial charge in [-0.15, -0.1) is 0 Å². The van der Waals surface area contributed by atoms with E-state index in [9.17, 15) is 4.79 Å². The quantitative estimate of drug-likeness (QED) is 0.785. The number of benzene rings is 1. The van der Waals surface area contributed by atoms with Gasteiger partial charge in [0, 0.05) is 23.8 Å². The topological polar surface area (TPSA) is 26.9 Å². The molecule has 1 aromatic heterocycles. The van der Waals surface area contributed by atoms with Crippen molar-refractivity contribution in [2.24, 2.45) is 7.05 Å². The molecule has 0 spiro atoms. The summed E-state index contributed by atoms with van der Waals surface area (Å²) in [5.74, 6) is 0. The van der Waals surface area contributed by atoms with Crippen molar-refractivity contribution in [2.45, 2.75) is 13.5 Å². The summed E-state index contributed by atoms with van der Waals surface area (Å²) in [7, 11) is 1.87. The summed E-state index contributed by atoms with van der Waals surface area (Å²) in [6.45, 7) is 2.41. The Hall–Kier alpha value is -1.48. The van der Waals surface area contributed by atoms with Crippen LogP contribution in [0.4, 0.5) is 0 Å². The van der Waals surface area contributed by atoms with Crippen molar-refractivity contribution >= 4 is 11.6 Å². The molecule has 0 atom stereocenters. The lowest BCUT2D eigenvalue weighted by Crippen LogP contribution is -2.22. The van der Waals surface area contributed by atoms with Gasteiger partial charge in [0.25, 0.3) is 5.56 Å². The van der Waals surface area contributed by atoms with Gasteiger partial charge in [0.05, 0.1) is 6.54 Å². The molecule has 0 aliphatic heterocycles. The van der Waals surface area contributed by atoms with Crippen LogP contribution in [0.5, 0.6) is 0 Å². The van der Waals surface area contributed by atoms with E-state index in [1.165, 1.54) is 0 Å². The fourth-order valence-electron chi connectivity index (χ4n) is 1.66. The van der Waals surface area contributed by atoms with Crippen LogP contribution >= 0.6 is 11.6 Å². The van der Waals surface area contributed by atoms with Crippen molar-refractivity contribution in [3.63, 3.8) is 0 Å². The van der Waals surface area contributed by atoms with Gasteiger partial charge in [-0.3, -0.25) is 9.48 Å². The minimum Gasteiger partial charge on any atom is -0.290 e. The molecule has 0 saturated carbocycles. The molecule has 2 rings (SSSR count). The third-order valence-electron chi connectivity index (χ3n) is 2.74. The number of halogens is 1. The second-order valence-electron chi connectivity index (χ2n) is 3.80. The lowest BCUT2D eigenvalue weighted by atomic mass is 10.2. The van der Waals surface area contributed by atoms with Crippen LogP contribution in [0.1, 0.15) is 11.3 Å². The standard InChI is InChI=1S/C12H13ClN2O/c1-9-7-12(16)15(14(9)2)8-10-5-3-4-6-11(10)13/h3-7H,8H2,1-2H3. The number of aromatic nitrogens is 2. The monoisotopic (exact) mass is 236 g/mol. The molecule has 0 aliphatic rings. The van der Waals surface area contributed by atoms with Crippen molar-refractivity contribution in [1.82, 2.24) is 9.36 Å². The number of hydrogen-bond donors (Lipinski definition) is 0. The van der Waals surface area contributed by atoms with Crippen LogP contribution < -0.4 is 5.56 Å². The average molecular weight is 237 g/mol. The van der Waals surface area contributed by atoms with Crippen LogP contribution in [-0.2, 0) is 13.6 Å². The Balaban J connectivity index is 2.42. The smallest absolute Gasteiger partial charge is 0.267 e. The fraction of sp³-hybridized carbons (Fsp3) is 0.250. The highest BCUT2D eigenvalue weighted by atomic mass is 35.5. The minimum atomic E-state index is -0.0000743. The zero-order valence-electron chi connectivity index (χ0n) is 9.27. The average Bonchev–Trinajstić information content (AvgIpc) is 2.48. The van der Waals surface area contributed by atoms with Crippen molar-refractivity contribution < 1.29 is 0 Å². The molecule has 0 N–H and O–H groups in total. The molecule has 0 unspecified atom stereocenters. The highest BCUT2D eigenvalue weighted by Gasteiger charge is 2.06. The van der Waals surface area contributed by atoms with Crippen molar-refractivity contribution in [1.29, 1.82) is 0 Å². The molecule has 0 saturated heterocycles. The predicted molar refractivity (Wildman–Crippen MR) is 65.0 cm³/mol. The maximum Gasteiger partial charge on any atom is 0.267 e. The van der Waals surface area contributed by atoms with Gasteiger partial charge >= 0.3 is 0 Å². The van der Waals surface area contributed by atoms with Crippen LogP contribution in [0, 0.1) is 6.92 Å². The van der Waals surface area contributed by atoms with Crippen molar-refractivity contribution in [2.75, 3.05) is 0 Å². The van der Waals surface area contributed by atoms with Gasteiger partial charge in [-0.05, 0) is 18.6 Å². The molecule has 84 valence electrons. The maximum atomic E-state index is 11.7. The Labute approximate surface area is 98.9 Å². The third-order valence-corrected chi connectivity index (χ3v) is 3.11. The zero-order valence-corrected chi connectivity index (χ0v) is 10.0. The second-order valence-corrected chi connectivity index (χ2v) is 4.20. The first kappa shape index (κ1) is 11.0. The van der Waals surface area contributed by atoms with E-state index in [0.717, 1.165) is 11.3 Å². The molecule has 1 heterocycles. The summed E-state index contributed by atoms with van der Waals surface area (Å²) in [6, 6.07) is 9.18. The van der Waals surface area contributed by atoms with Gasteiger partial charge in [0.15, 0.2) is 0 Å². The molecule has 4 heteroatoms. The van der Waals surface area contributed by atoms with E-state index in [0.29, 0.717) is 11.6 Å². The fourth-order valence-corrected chi connectivity index (χ4v) is 1.85. The summed E-state index contributed by atoms with van der Waals surface area (Å²) in [4.78, 5) is 11.7. The van der Waals surface area contributed by atoms with E-state index in [2.05, 4.69) is 0 Å². The highest BCUT2D eigenvalue weighted by Crippen LogP contribution is 2.15. The number of aryl methyl sites for hydroxylation is 1. The van der Waals surface area contributed by atoms with E-state index in [1.54, 1.807) is 10.7 Å². The first-order chi connectivity index (χ1) is 7.59. The van der Waals surface area contributed by atoms with E-state index in [1.807, 2.05) is 42.9 Å². The molecule has 0 fully saturated rings. The largest absolute Gasteiger partial charge is 0.290 e. The Morgan fingerprint density at radius 1 is 1.31 bits per heavy atom. The van der Waals surface area contributed by atoms with E-state index < -0.39 is 0 Å². The molecule has 16 heavy (non-hydrogen) atoms. The van der Waals surface area contributed by atoms with Crippen LogP contribution in [0.15, 0.2) is 35.1 Å². The second kappa shape index (κ2) is 4.18. The lowest BCUT2D eigenvalue weighted by Gasteiger charge is -2.09. The Morgan fingerprint density at radius 2 is 2.00 bits per heavy atom. The third kappa shape index (κ3) is 1.91. The van der Waals surface area contributed by atoms with Crippen LogP contribution in [0.3, 0.4) is 0 Å². The molecule has 0 aliphatic carbocycles. The van der Waals surface area contributed by atoms with Gasteiger partial charge in [0.2, 0.25) is 0 Å². The number of rotatable bonds is 2. The van der Waals surface area contributed by atoms with Crippen molar-refractivity contribution in [3.05, 3.63) is 57.0 Å². The number of nitrogens with zero attached hydrogens (tertiary/aromatic N) is 2. The van der Waals surface area contributed by atoms with Gasteiger partial charge in [-0.25, -0.2) is 4.68 Å². The van der Waals surface area contributed by atoms with Crippen LogP contribution in [0.2, 0.25) is 5.02 Å². The SMILES string of the molecule is Cc1cc(=O)n(Cc2ccccc2Cl)n1C. The normalized spacial score (nSPS) is 10.7. The summed E-state index contributed by atoms with van der Waals surface area (Å²) >= 11 is 6.06. The molecular weight excluding hydrogens is 224 g/mol. The minimum absolute atomic E-state index is 0.0000743. The molecule has 0 amide bonds.